The molecule has 0 spiro atoms. The standard InChI is InChI=1S/C15H25NO2/c1-6-15(3,4)18-14(11(2)16)12-8-7-9-13(10-12)17-5/h7-11,14H,6,16H2,1-5H3. The van der Waals surface area contributed by atoms with Crippen molar-refractivity contribution < 1.29 is 9.47 Å². The van der Waals surface area contributed by atoms with Crippen LogP contribution in [0.1, 0.15) is 45.8 Å². The van der Waals surface area contributed by atoms with Gasteiger partial charge in [-0.25, -0.2) is 0 Å². The third-order valence-corrected chi connectivity index (χ3v) is 3.20. The maximum atomic E-state index is 6.15. The second-order valence-corrected chi connectivity index (χ2v) is 5.29. The van der Waals surface area contributed by atoms with Gasteiger partial charge in [-0.05, 0) is 44.9 Å². The van der Waals surface area contributed by atoms with E-state index in [0.29, 0.717) is 0 Å². The first kappa shape index (κ1) is 15.0. The highest BCUT2D eigenvalue weighted by Crippen LogP contribution is 2.29. The van der Waals surface area contributed by atoms with Crippen molar-refractivity contribution in [2.45, 2.75) is 51.9 Å². The summed E-state index contributed by atoms with van der Waals surface area (Å²) >= 11 is 0. The van der Waals surface area contributed by atoms with Crippen LogP contribution in [0.3, 0.4) is 0 Å². The Hall–Kier alpha value is -1.06. The number of benzene rings is 1. The van der Waals surface area contributed by atoms with Crippen molar-refractivity contribution in [3.8, 4) is 5.75 Å². The van der Waals surface area contributed by atoms with Gasteiger partial charge in [0.15, 0.2) is 0 Å². The first-order chi connectivity index (χ1) is 8.39. The minimum Gasteiger partial charge on any atom is -0.497 e. The maximum Gasteiger partial charge on any atom is 0.119 e. The minimum absolute atomic E-state index is 0.0667. The molecule has 0 amide bonds. The molecule has 1 aromatic rings. The largest absolute Gasteiger partial charge is 0.497 e. The molecule has 0 aliphatic heterocycles. The Morgan fingerprint density at radius 3 is 2.50 bits per heavy atom. The smallest absolute Gasteiger partial charge is 0.119 e. The molecule has 0 saturated carbocycles. The molecule has 3 nitrogen and oxygen atoms in total. The molecule has 1 rings (SSSR count). The molecular weight excluding hydrogens is 226 g/mol. The van der Waals surface area contributed by atoms with E-state index >= 15 is 0 Å². The summed E-state index contributed by atoms with van der Waals surface area (Å²) in [7, 11) is 1.66. The van der Waals surface area contributed by atoms with Crippen molar-refractivity contribution in [3.05, 3.63) is 29.8 Å². The third kappa shape index (κ3) is 4.00. The quantitative estimate of drug-likeness (QED) is 0.843. The van der Waals surface area contributed by atoms with Gasteiger partial charge in [-0.3, -0.25) is 0 Å². The van der Waals surface area contributed by atoms with Crippen LogP contribution in [0.5, 0.6) is 5.75 Å². The Labute approximate surface area is 110 Å². The molecule has 18 heavy (non-hydrogen) atoms. The zero-order valence-corrected chi connectivity index (χ0v) is 12.1. The van der Waals surface area contributed by atoms with Crippen LogP contribution in [-0.4, -0.2) is 18.8 Å². The zero-order chi connectivity index (χ0) is 13.8. The van der Waals surface area contributed by atoms with Crippen LogP contribution >= 0.6 is 0 Å². The lowest BCUT2D eigenvalue weighted by molar-refractivity contribution is -0.0833. The van der Waals surface area contributed by atoms with E-state index in [0.717, 1.165) is 17.7 Å². The second-order valence-electron chi connectivity index (χ2n) is 5.29. The Balaban J connectivity index is 2.97. The predicted octanol–water partition coefficient (Wildman–Crippen LogP) is 3.29. The normalized spacial score (nSPS) is 15.2. The summed E-state index contributed by atoms with van der Waals surface area (Å²) in [6.07, 6.45) is 0.829. The van der Waals surface area contributed by atoms with Gasteiger partial charge in [-0.2, -0.15) is 0 Å². The van der Waals surface area contributed by atoms with Gasteiger partial charge >= 0.3 is 0 Å². The zero-order valence-electron chi connectivity index (χ0n) is 12.1. The lowest BCUT2D eigenvalue weighted by atomic mass is 10.0. The molecule has 0 aliphatic carbocycles. The lowest BCUT2D eigenvalue weighted by Crippen LogP contribution is -2.34. The lowest BCUT2D eigenvalue weighted by Gasteiger charge is -2.32. The summed E-state index contributed by atoms with van der Waals surface area (Å²) in [4.78, 5) is 0. The van der Waals surface area contributed by atoms with Gasteiger partial charge in [0.05, 0.1) is 18.8 Å². The van der Waals surface area contributed by atoms with E-state index in [1.807, 2.05) is 31.2 Å². The number of hydrogen-bond acceptors (Lipinski definition) is 3. The van der Waals surface area contributed by atoms with E-state index in [9.17, 15) is 0 Å². The Kier molecular flexibility index (Phi) is 5.17. The van der Waals surface area contributed by atoms with Crippen molar-refractivity contribution in [1.82, 2.24) is 0 Å². The summed E-state index contributed by atoms with van der Waals surface area (Å²) in [6.45, 7) is 8.25. The van der Waals surface area contributed by atoms with Crippen LogP contribution in [0.2, 0.25) is 0 Å². The monoisotopic (exact) mass is 251 g/mol. The van der Waals surface area contributed by atoms with Crippen molar-refractivity contribution >= 4 is 0 Å². The molecule has 0 heterocycles. The van der Waals surface area contributed by atoms with Crippen molar-refractivity contribution in [3.63, 3.8) is 0 Å². The fourth-order valence-electron chi connectivity index (χ4n) is 1.72. The summed E-state index contributed by atoms with van der Waals surface area (Å²) in [5.74, 6) is 0.830. The van der Waals surface area contributed by atoms with Gasteiger partial charge in [-0.15, -0.1) is 0 Å². The van der Waals surface area contributed by atoms with Crippen molar-refractivity contribution in [1.29, 1.82) is 0 Å². The minimum atomic E-state index is -0.179. The summed E-state index contributed by atoms with van der Waals surface area (Å²) in [6, 6.07) is 7.84. The highest BCUT2D eigenvalue weighted by molar-refractivity contribution is 5.30. The van der Waals surface area contributed by atoms with Gasteiger partial charge in [-0.1, -0.05) is 19.1 Å². The van der Waals surface area contributed by atoms with Gasteiger partial charge in [0, 0.05) is 6.04 Å². The van der Waals surface area contributed by atoms with E-state index < -0.39 is 0 Å². The second kappa shape index (κ2) is 6.21. The van der Waals surface area contributed by atoms with Gasteiger partial charge < -0.3 is 15.2 Å². The maximum absolute atomic E-state index is 6.15. The van der Waals surface area contributed by atoms with Crippen LogP contribution in [-0.2, 0) is 4.74 Å². The molecular formula is C15H25NO2. The summed E-state index contributed by atoms with van der Waals surface area (Å²) in [5, 5.41) is 0. The van der Waals surface area contributed by atoms with Crippen LogP contribution in [0, 0.1) is 0 Å². The molecule has 2 atom stereocenters. The molecule has 3 heteroatoms. The summed E-state index contributed by atoms with van der Waals surface area (Å²) in [5.41, 5.74) is 6.94. The molecule has 0 aliphatic rings. The van der Waals surface area contributed by atoms with Crippen molar-refractivity contribution in [2.24, 2.45) is 5.73 Å². The molecule has 0 bridgehead atoms. The van der Waals surface area contributed by atoms with Crippen molar-refractivity contribution in [2.75, 3.05) is 7.11 Å². The van der Waals surface area contributed by atoms with Crippen LogP contribution < -0.4 is 10.5 Å². The molecule has 0 saturated heterocycles. The highest BCUT2D eigenvalue weighted by atomic mass is 16.5. The average Bonchev–Trinajstić information content (AvgIpc) is 2.36. The SMILES string of the molecule is CCC(C)(C)OC(c1cccc(OC)c1)C(C)N. The van der Waals surface area contributed by atoms with Crippen LogP contribution in [0.25, 0.3) is 0 Å². The first-order valence-corrected chi connectivity index (χ1v) is 6.47. The molecule has 0 radical (unpaired) electrons. The van der Waals surface area contributed by atoms with E-state index in [1.54, 1.807) is 7.11 Å². The number of ether oxygens (including phenoxy) is 2. The average molecular weight is 251 g/mol. The van der Waals surface area contributed by atoms with Gasteiger partial charge in [0.25, 0.3) is 0 Å². The van der Waals surface area contributed by atoms with Gasteiger partial charge in [0.1, 0.15) is 5.75 Å². The highest BCUT2D eigenvalue weighted by Gasteiger charge is 2.26. The fraction of sp³-hybridized carbons (Fsp3) is 0.600. The fourth-order valence-corrected chi connectivity index (χ4v) is 1.72. The molecule has 0 fully saturated rings. The van der Waals surface area contributed by atoms with Crippen LogP contribution in [0.15, 0.2) is 24.3 Å². The molecule has 1 aromatic carbocycles. The number of hydrogen-bond donors (Lipinski definition) is 1. The molecule has 0 aromatic heterocycles. The topological polar surface area (TPSA) is 44.5 Å². The summed E-state index contributed by atoms with van der Waals surface area (Å²) < 4.78 is 11.4. The van der Waals surface area contributed by atoms with E-state index in [-0.39, 0.29) is 17.7 Å². The van der Waals surface area contributed by atoms with E-state index in [4.69, 9.17) is 15.2 Å². The van der Waals surface area contributed by atoms with Crippen LogP contribution in [0.4, 0.5) is 0 Å². The Morgan fingerprint density at radius 2 is 2.00 bits per heavy atom. The Bertz CT molecular complexity index is 375. The third-order valence-electron chi connectivity index (χ3n) is 3.20. The number of methoxy groups -OCH3 is 1. The van der Waals surface area contributed by atoms with E-state index in [2.05, 4.69) is 20.8 Å². The predicted molar refractivity (Wildman–Crippen MR) is 74.8 cm³/mol. The molecule has 2 N–H and O–H groups in total. The number of rotatable bonds is 6. The first-order valence-electron chi connectivity index (χ1n) is 6.47. The van der Waals surface area contributed by atoms with Gasteiger partial charge in [0.2, 0.25) is 0 Å². The Morgan fingerprint density at radius 1 is 1.33 bits per heavy atom. The molecule has 2 unspecified atom stereocenters. The molecule has 102 valence electrons. The van der Waals surface area contributed by atoms with E-state index in [1.165, 1.54) is 0 Å². The number of nitrogens with two attached hydrogens (primary N) is 1.